The number of benzene rings is 2. The number of hydrogen-bond donors (Lipinski definition) is 2. The Morgan fingerprint density at radius 1 is 1.09 bits per heavy atom. The molecule has 236 valence electrons. The van der Waals surface area contributed by atoms with E-state index >= 15 is 0 Å². The Hall–Kier alpha value is -3.68. The Bertz CT molecular complexity index is 1510. The summed E-state index contributed by atoms with van der Waals surface area (Å²) in [5.74, 6) is 6.71. The molecule has 7 nitrogen and oxygen atoms in total. The number of ether oxygens (including phenoxy) is 2. The van der Waals surface area contributed by atoms with Crippen LogP contribution in [0.15, 0.2) is 42.5 Å². The van der Waals surface area contributed by atoms with Gasteiger partial charge in [0.15, 0.2) is 5.78 Å². The van der Waals surface area contributed by atoms with Crippen LogP contribution in [0.5, 0.6) is 5.75 Å². The molecule has 2 aromatic carbocycles. The molecule has 2 fully saturated rings. The van der Waals surface area contributed by atoms with Gasteiger partial charge in [-0.15, -0.1) is 0 Å². The van der Waals surface area contributed by atoms with Gasteiger partial charge in [-0.1, -0.05) is 18.9 Å². The van der Waals surface area contributed by atoms with Gasteiger partial charge < -0.3 is 29.6 Å². The largest absolute Gasteiger partial charge is 0.495 e. The number of ketones is 1. The predicted molar refractivity (Wildman–Crippen MR) is 168 cm³/mol. The third-order valence-electron chi connectivity index (χ3n) is 8.82. The van der Waals surface area contributed by atoms with Crippen molar-refractivity contribution in [3.05, 3.63) is 53.7 Å². The first kappa shape index (κ1) is 31.7. The maximum Gasteiger partial charge on any atom is 0.406 e. The Balaban J connectivity index is 1.32. The van der Waals surface area contributed by atoms with Gasteiger partial charge in [0, 0.05) is 41.8 Å². The molecule has 1 aromatic heterocycles. The zero-order valence-corrected chi connectivity index (χ0v) is 25.6. The lowest BCUT2D eigenvalue weighted by atomic mass is 9.82. The topological polar surface area (TPSA) is 67.8 Å². The van der Waals surface area contributed by atoms with Gasteiger partial charge in [0.05, 0.1) is 30.6 Å². The Morgan fingerprint density at radius 2 is 1.84 bits per heavy atom. The Labute approximate surface area is 257 Å². The molecular weight excluding hydrogens is 569 g/mol. The number of halogens is 3. The number of fused-ring (bicyclic) bond motifs is 1. The smallest absolute Gasteiger partial charge is 0.406 e. The summed E-state index contributed by atoms with van der Waals surface area (Å²) in [5.41, 5.74) is 2.85. The maximum absolute atomic E-state index is 13.6. The summed E-state index contributed by atoms with van der Waals surface area (Å²) >= 11 is 0. The molecule has 3 aromatic rings. The minimum absolute atomic E-state index is 0.0729. The second-order valence-electron chi connectivity index (χ2n) is 11.9. The zero-order valence-electron chi connectivity index (χ0n) is 25.6. The van der Waals surface area contributed by atoms with Crippen LogP contribution in [-0.4, -0.2) is 74.5 Å². The SMILES string of the molecule is COc1cc(C(=O)C(C)C2CCOCC2)ccc1NCC#Cc1cc2c(NC3CCN(C)CC3)cccc2n1CC(F)(F)F. The van der Waals surface area contributed by atoms with Gasteiger partial charge in [-0.25, -0.2) is 0 Å². The molecule has 2 aliphatic rings. The molecule has 3 heterocycles. The molecule has 0 saturated carbocycles. The number of Topliss-reactive ketones (excluding diaryl/α,β-unsaturated/α-hetero) is 1. The number of anilines is 2. The van der Waals surface area contributed by atoms with E-state index in [4.69, 9.17) is 9.47 Å². The second kappa shape index (κ2) is 14.0. The first-order valence-corrected chi connectivity index (χ1v) is 15.3. The minimum atomic E-state index is -4.40. The molecule has 0 radical (unpaired) electrons. The van der Waals surface area contributed by atoms with Crippen molar-refractivity contribution in [2.75, 3.05) is 57.6 Å². The molecule has 0 spiro atoms. The van der Waals surface area contributed by atoms with Crippen molar-refractivity contribution in [2.24, 2.45) is 11.8 Å². The molecule has 0 bridgehead atoms. The lowest BCUT2D eigenvalue weighted by molar-refractivity contribution is -0.140. The number of piperidine rings is 1. The van der Waals surface area contributed by atoms with Crippen molar-refractivity contribution < 1.29 is 27.4 Å². The van der Waals surface area contributed by atoms with E-state index in [1.54, 1.807) is 36.4 Å². The van der Waals surface area contributed by atoms with Crippen molar-refractivity contribution >= 4 is 28.1 Å². The summed E-state index contributed by atoms with van der Waals surface area (Å²) in [6.45, 7) is 4.35. The Morgan fingerprint density at radius 3 is 2.55 bits per heavy atom. The number of methoxy groups -OCH3 is 1. The number of carbonyl (C=O) groups is 1. The molecule has 44 heavy (non-hydrogen) atoms. The number of alkyl halides is 3. The van der Waals surface area contributed by atoms with Crippen molar-refractivity contribution in [1.82, 2.24) is 9.47 Å². The first-order chi connectivity index (χ1) is 21.1. The van der Waals surface area contributed by atoms with Crippen LogP contribution in [0.25, 0.3) is 10.9 Å². The molecule has 1 atom stereocenters. The summed E-state index contributed by atoms with van der Waals surface area (Å²) in [6.07, 6.45) is -0.697. The molecule has 10 heteroatoms. The van der Waals surface area contributed by atoms with E-state index in [1.807, 2.05) is 13.0 Å². The normalized spacial score (nSPS) is 17.6. The van der Waals surface area contributed by atoms with Gasteiger partial charge in [0.2, 0.25) is 0 Å². The lowest BCUT2D eigenvalue weighted by Crippen LogP contribution is -2.36. The summed E-state index contributed by atoms with van der Waals surface area (Å²) in [4.78, 5) is 15.4. The second-order valence-corrected chi connectivity index (χ2v) is 11.9. The molecule has 1 unspecified atom stereocenters. The van der Waals surface area contributed by atoms with E-state index in [-0.39, 0.29) is 24.3 Å². The number of nitrogens with zero attached hydrogens (tertiary/aromatic N) is 2. The number of aromatic nitrogens is 1. The van der Waals surface area contributed by atoms with E-state index in [0.29, 0.717) is 47.3 Å². The average Bonchev–Trinajstić information content (AvgIpc) is 3.36. The van der Waals surface area contributed by atoms with Crippen molar-refractivity contribution in [3.63, 3.8) is 0 Å². The number of nitrogens with one attached hydrogen (secondary N) is 2. The van der Waals surface area contributed by atoms with Gasteiger partial charge in [-0.3, -0.25) is 4.79 Å². The van der Waals surface area contributed by atoms with Gasteiger partial charge >= 0.3 is 6.18 Å². The van der Waals surface area contributed by atoms with Crippen LogP contribution >= 0.6 is 0 Å². The monoisotopic (exact) mass is 610 g/mol. The lowest BCUT2D eigenvalue weighted by Gasteiger charge is -2.30. The molecule has 2 aliphatic heterocycles. The number of likely N-dealkylation sites (tertiary alicyclic amines) is 1. The van der Waals surface area contributed by atoms with Crippen LogP contribution in [0.3, 0.4) is 0 Å². The van der Waals surface area contributed by atoms with Crippen LogP contribution < -0.4 is 15.4 Å². The van der Waals surface area contributed by atoms with Crippen LogP contribution in [-0.2, 0) is 11.3 Å². The van der Waals surface area contributed by atoms with Crippen LogP contribution in [0.4, 0.5) is 24.5 Å². The summed E-state index contributed by atoms with van der Waals surface area (Å²) in [7, 11) is 3.63. The van der Waals surface area contributed by atoms with Gasteiger partial charge in [-0.05, 0) is 94.1 Å². The first-order valence-electron chi connectivity index (χ1n) is 15.3. The molecule has 2 N–H and O–H groups in total. The fourth-order valence-electron chi connectivity index (χ4n) is 6.19. The van der Waals surface area contributed by atoms with Crippen LogP contribution in [0.2, 0.25) is 0 Å². The molecule has 0 amide bonds. The molecular formula is C34H41F3N4O3. The van der Waals surface area contributed by atoms with Crippen LogP contribution in [0.1, 0.15) is 48.7 Å². The Kier molecular flexibility index (Phi) is 10.1. The van der Waals surface area contributed by atoms with E-state index in [9.17, 15) is 18.0 Å². The highest BCUT2D eigenvalue weighted by Crippen LogP contribution is 2.32. The van der Waals surface area contributed by atoms with E-state index in [1.165, 1.54) is 11.7 Å². The van der Waals surface area contributed by atoms with Gasteiger partial charge in [-0.2, -0.15) is 13.2 Å². The fourth-order valence-corrected chi connectivity index (χ4v) is 6.19. The van der Waals surface area contributed by atoms with Gasteiger partial charge in [0.25, 0.3) is 0 Å². The fraction of sp³-hybridized carbons (Fsp3) is 0.500. The highest BCUT2D eigenvalue weighted by atomic mass is 19.4. The summed E-state index contributed by atoms with van der Waals surface area (Å²) < 4.78 is 53.1. The number of rotatable bonds is 9. The van der Waals surface area contributed by atoms with E-state index in [0.717, 1.165) is 49.8 Å². The molecule has 5 rings (SSSR count). The van der Waals surface area contributed by atoms with E-state index < -0.39 is 12.7 Å². The van der Waals surface area contributed by atoms with Crippen molar-refractivity contribution in [1.29, 1.82) is 0 Å². The summed E-state index contributed by atoms with van der Waals surface area (Å²) in [5, 5.41) is 7.48. The van der Waals surface area contributed by atoms with Crippen molar-refractivity contribution in [2.45, 2.75) is 51.4 Å². The third kappa shape index (κ3) is 7.69. The van der Waals surface area contributed by atoms with Crippen LogP contribution in [0, 0.1) is 23.7 Å². The summed E-state index contributed by atoms with van der Waals surface area (Å²) in [6, 6.07) is 12.7. The van der Waals surface area contributed by atoms with Gasteiger partial charge in [0.1, 0.15) is 12.3 Å². The number of carbonyl (C=O) groups excluding carboxylic acids is 1. The molecule has 2 saturated heterocycles. The van der Waals surface area contributed by atoms with E-state index in [2.05, 4.69) is 34.4 Å². The predicted octanol–water partition coefficient (Wildman–Crippen LogP) is 6.43. The zero-order chi connectivity index (χ0) is 31.3. The standard InChI is InChI=1S/C34H41F3N4O3/c1-23(24-13-18-44-19-14-24)33(42)25-9-10-30(32(20-25)43-3)38-15-5-6-27-21-28-29(39-26-11-16-40(2)17-12-26)7-4-8-31(28)41(27)22-34(35,36)37/h4,7-10,20-21,23-24,26,38-39H,11-19,22H2,1-3H3. The quantitative estimate of drug-likeness (QED) is 0.215. The number of hydrogen-bond acceptors (Lipinski definition) is 6. The highest BCUT2D eigenvalue weighted by molar-refractivity contribution is 5.98. The maximum atomic E-state index is 13.6. The average molecular weight is 611 g/mol. The van der Waals surface area contributed by atoms with Crippen molar-refractivity contribution in [3.8, 4) is 17.6 Å². The third-order valence-corrected chi connectivity index (χ3v) is 8.82. The molecule has 0 aliphatic carbocycles. The highest BCUT2D eigenvalue weighted by Gasteiger charge is 2.30. The minimum Gasteiger partial charge on any atom is -0.495 e.